The molecule has 4 heteroatoms. The van der Waals surface area contributed by atoms with Gasteiger partial charge in [0.15, 0.2) is 0 Å². The lowest BCUT2D eigenvalue weighted by molar-refractivity contribution is 0.505. The standard InChI is InChI=1S/C13H17Br2NS/c1-3-5-6-7-11(16-8-4-2)10-9-12(14)17-13(10)15/h9,11,16H,4,6-8H2,1-2H3. The van der Waals surface area contributed by atoms with Crippen LogP contribution in [0.5, 0.6) is 0 Å². The lowest BCUT2D eigenvalue weighted by Crippen LogP contribution is -2.21. The molecule has 1 atom stereocenters. The molecule has 0 aliphatic rings. The Morgan fingerprint density at radius 1 is 1.47 bits per heavy atom. The van der Waals surface area contributed by atoms with Crippen molar-refractivity contribution in [3.63, 3.8) is 0 Å². The summed E-state index contributed by atoms with van der Waals surface area (Å²) in [5, 5.41) is 3.59. The van der Waals surface area contributed by atoms with Crippen molar-refractivity contribution in [3.8, 4) is 11.8 Å². The van der Waals surface area contributed by atoms with Crippen LogP contribution in [0.25, 0.3) is 0 Å². The van der Waals surface area contributed by atoms with E-state index in [0.29, 0.717) is 6.04 Å². The molecule has 0 fully saturated rings. The summed E-state index contributed by atoms with van der Waals surface area (Å²) >= 11 is 8.89. The molecule has 1 aromatic heterocycles. The second-order valence-corrected chi connectivity index (χ2v) is 7.50. The molecule has 17 heavy (non-hydrogen) atoms. The number of thiophene rings is 1. The molecule has 1 unspecified atom stereocenters. The Balaban J connectivity index is 2.72. The maximum atomic E-state index is 3.63. The third-order valence-corrected chi connectivity index (χ3v) is 4.82. The first-order valence-corrected chi connectivity index (χ1v) is 8.17. The van der Waals surface area contributed by atoms with Crippen molar-refractivity contribution in [2.24, 2.45) is 0 Å². The molecule has 1 N–H and O–H groups in total. The van der Waals surface area contributed by atoms with Gasteiger partial charge in [0.05, 0.1) is 7.57 Å². The molecule has 0 radical (unpaired) electrons. The first kappa shape index (κ1) is 15.2. The first-order chi connectivity index (χ1) is 8.19. The maximum absolute atomic E-state index is 3.63. The van der Waals surface area contributed by atoms with Gasteiger partial charge >= 0.3 is 0 Å². The summed E-state index contributed by atoms with van der Waals surface area (Å²) in [6, 6.07) is 2.59. The highest BCUT2D eigenvalue weighted by Gasteiger charge is 2.15. The fraction of sp³-hybridized carbons (Fsp3) is 0.538. The molecule has 0 aromatic carbocycles. The number of hydrogen-bond donors (Lipinski definition) is 1. The van der Waals surface area contributed by atoms with E-state index in [1.165, 1.54) is 13.1 Å². The van der Waals surface area contributed by atoms with E-state index >= 15 is 0 Å². The van der Waals surface area contributed by atoms with Crippen LogP contribution in [0.15, 0.2) is 13.6 Å². The minimum absolute atomic E-state index is 0.396. The smallest absolute Gasteiger partial charge is 0.0758 e. The van der Waals surface area contributed by atoms with Gasteiger partial charge in [0.2, 0.25) is 0 Å². The lowest BCUT2D eigenvalue weighted by Gasteiger charge is -2.17. The van der Waals surface area contributed by atoms with E-state index in [1.807, 2.05) is 6.92 Å². The normalized spacial score (nSPS) is 12.0. The molecule has 0 spiro atoms. The molecular formula is C13H17Br2NS. The van der Waals surface area contributed by atoms with E-state index in [4.69, 9.17) is 0 Å². The molecule has 1 nitrogen and oxygen atoms in total. The van der Waals surface area contributed by atoms with Crippen molar-refractivity contribution < 1.29 is 0 Å². The number of halogens is 2. The van der Waals surface area contributed by atoms with Gasteiger partial charge in [-0.25, -0.2) is 0 Å². The van der Waals surface area contributed by atoms with Crippen LogP contribution in [0.1, 0.15) is 44.7 Å². The van der Waals surface area contributed by atoms with Gasteiger partial charge in [0, 0.05) is 12.5 Å². The Bertz CT molecular complexity index is 403. The van der Waals surface area contributed by atoms with E-state index < -0.39 is 0 Å². The molecule has 94 valence electrons. The van der Waals surface area contributed by atoms with Crippen LogP contribution in [-0.4, -0.2) is 6.54 Å². The van der Waals surface area contributed by atoms with Crippen LogP contribution in [0.4, 0.5) is 0 Å². The van der Waals surface area contributed by atoms with E-state index in [9.17, 15) is 0 Å². The number of hydrogen-bond acceptors (Lipinski definition) is 2. The first-order valence-electron chi connectivity index (χ1n) is 5.76. The summed E-state index contributed by atoms with van der Waals surface area (Å²) in [4.78, 5) is 0. The summed E-state index contributed by atoms with van der Waals surface area (Å²) in [5.74, 6) is 6.09. The van der Waals surface area contributed by atoms with Crippen LogP contribution < -0.4 is 5.32 Å². The minimum Gasteiger partial charge on any atom is -0.310 e. The van der Waals surface area contributed by atoms with Crippen LogP contribution in [0.2, 0.25) is 0 Å². The van der Waals surface area contributed by atoms with Gasteiger partial charge in [-0.3, -0.25) is 0 Å². The molecule has 1 rings (SSSR count). The molecule has 0 saturated heterocycles. The van der Waals surface area contributed by atoms with Crippen molar-refractivity contribution in [2.45, 2.75) is 39.2 Å². The van der Waals surface area contributed by atoms with Crippen molar-refractivity contribution in [3.05, 3.63) is 19.2 Å². The Hall–Kier alpha value is 0.180. The summed E-state index contributed by atoms with van der Waals surface area (Å²) in [7, 11) is 0. The second-order valence-electron chi connectivity index (χ2n) is 3.75. The highest BCUT2D eigenvalue weighted by Crippen LogP contribution is 2.36. The van der Waals surface area contributed by atoms with E-state index in [-0.39, 0.29) is 0 Å². The number of rotatable bonds is 6. The highest BCUT2D eigenvalue weighted by molar-refractivity contribution is 9.12. The van der Waals surface area contributed by atoms with Crippen LogP contribution in [0, 0.1) is 11.8 Å². The third-order valence-electron chi connectivity index (χ3n) is 2.43. The van der Waals surface area contributed by atoms with Gasteiger partial charge in [-0.2, -0.15) is 0 Å². The fourth-order valence-electron chi connectivity index (χ4n) is 1.62. The Morgan fingerprint density at radius 2 is 2.24 bits per heavy atom. The average molecular weight is 379 g/mol. The zero-order valence-electron chi connectivity index (χ0n) is 10.1. The summed E-state index contributed by atoms with van der Waals surface area (Å²) in [6.45, 7) is 5.13. The second kappa shape index (κ2) is 8.31. The van der Waals surface area contributed by atoms with E-state index in [0.717, 1.165) is 25.8 Å². The van der Waals surface area contributed by atoms with Gasteiger partial charge in [-0.15, -0.1) is 23.2 Å². The van der Waals surface area contributed by atoms with E-state index in [1.54, 1.807) is 11.3 Å². The number of nitrogens with one attached hydrogen (secondary N) is 1. The molecule has 0 aliphatic carbocycles. The van der Waals surface area contributed by atoms with Crippen molar-refractivity contribution >= 4 is 43.2 Å². The molecule has 1 aromatic rings. The molecule has 0 amide bonds. The molecule has 0 aliphatic heterocycles. The van der Waals surface area contributed by atoms with Gasteiger partial charge in [0.1, 0.15) is 0 Å². The predicted octanol–water partition coefficient (Wildman–Crippen LogP) is 5.12. The molecule has 1 heterocycles. The van der Waals surface area contributed by atoms with Crippen LogP contribution in [-0.2, 0) is 0 Å². The molecular weight excluding hydrogens is 362 g/mol. The van der Waals surface area contributed by atoms with Crippen LogP contribution in [0.3, 0.4) is 0 Å². The average Bonchev–Trinajstić information content (AvgIpc) is 2.63. The van der Waals surface area contributed by atoms with Gasteiger partial charge in [-0.05, 0) is 69.8 Å². The third kappa shape index (κ3) is 5.13. The topological polar surface area (TPSA) is 12.0 Å². The fourth-order valence-corrected chi connectivity index (χ4v) is 4.59. The maximum Gasteiger partial charge on any atom is 0.0758 e. The zero-order chi connectivity index (χ0) is 12.7. The van der Waals surface area contributed by atoms with Crippen molar-refractivity contribution in [2.75, 3.05) is 6.54 Å². The van der Waals surface area contributed by atoms with Gasteiger partial charge < -0.3 is 5.32 Å². The Morgan fingerprint density at radius 3 is 2.76 bits per heavy atom. The quantitative estimate of drug-likeness (QED) is 0.677. The SMILES string of the molecule is CC#CCCC(NCCC)c1cc(Br)sc1Br. The summed E-state index contributed by atoms with van der Waals surface area (Å²) in [6.07, 6.45) is 3.15. The van der Waals surface area contributed by atoms with Crippen molar-refractivity contribution in [1.29, 1.82) is 0 Å². The lowest BCUT2D eigenvalue weighted by atomic mass is 10.1. The Labute approximate surface area is 125 Å². The minimum atomic E-state index is 0.396. The predicted molar refractivity (Wildman–Crippen MR) is 83.4 cm³/mol. The summed E-state index contributed by atoms with van der Waals surface area (Å²) in [5.41, 5.74) is 1.34. The monoisotopic (exact) mass is 377 g/mol. The molecule has 0 bridgehead atoms. The van der Waals surface area contributed by atoms with E-state index in [2.05, 4.69) is 62.0 Å². The van der Waals surface area contributed by atoms with Gasteiger partial charge in [-0.1, -0.05) is 6.92 Å². The molecule has 0 saturated carbocycles. The Kier molecular flexibility index (Phi) is 7.45. The summed E-state index contributed by atoms with van der Waals surface area (Å²) < 4.78 is 2.38. The highest BCUT2D eigenvalue weighted by atomic mass is 79.9. The zero-order valence-corrected chi connectivity index (χ0v) is 14.1. The van der Waals surface area contributed by atoms with Gasteiger partial charge in [0.25, 0.3) is 0 Å². The van der Waals surface area contributed by atoms with Crippen molar-refractivity contribution in [1.82, 2.24) is 5.32 Å². The van der Waals surface area contributed by atoms with Crippen LogP contribution >= 0.6 is 43.2 Å². The largest absolute Gasteiger partial charge is 0.310 e.